The van der Waals surface area contributed by atoms with E-state index in [0.29, 0.717) is 57.3 Å². The van der Waals surface area contributed by atoms with Crippen molar-refractivity contribution in [1.29, 1.82) is 0 Å². The Kier molecular flexibility index (Phi) is 13.0. The minimum atomic E-state index is -0.959. The zero-order valence-electron chi connectivity index (χ0n) is 31.4. The molecule has 2 heterocycles. The molecule has 0 aromatic heterocycles. The Bertz CT molecular complexity index is 1810. The Labute approximate surface area is 318 Å². The molecule has 4 bridgehead atoms. The average molecular weight is 736 g/mol. The molecule has 6 aliphatic rings. The van der Waals surface area contributed by atoms with Gasteiger partial charge in [-0.15, -0.1) is 0 Å². The molecule has 1 unspecified atom stereocenters. The second kappa shape index (κ2) is 18.2. The molecule has 0 saturated carbocycles. The molecular weight excluding hydrogens is 683 g/mol. The molecule has 11 heteroatoms. The summed E-state index contributed by atoms with van der Waals surface area (Å²) in [6, 6.07) is 19.8. The lowest BCUT2D eigenvalue weighted by molar-refractivity contribution is -0.149. The van der Waals surface area contributed by atoms with Gasteiger partial charge in [0.2, 0.25) is 23.6 Å². The number of fused-ring (bicyclic) bond motifs is 1. The molecule has 286 valence electrons. The summed E-state index contributed by atoms with van der Waals surface area (Å²) >= 11 is 0. The van der Waals surface area contributed by atoms with E-state index in [1.807, 2.05) is 13.0 Å². The van der Waals surface area contributed by atoms with Crippen LogP contribution in [-0.2, 0) is 51.3 Å². The standard InChI is InChI=1S/C43H53N5O6/c1-2-3-23-47-29-40(51)48-25-6-7-38(48)43(54)46(28-39(50)45-37(42(47)53)27-33-16-20-35(49)21-17-33)24-5-4-22-44-41(52)36-26-32-13-12-30-8-10-31(11-9-30)14-18-34(36)19-15-32/h8-11,15-17,19-21,26,37-38,49H,2-7,12-14,18,22-25,27-29H2,1H3,(H,44,52)(H,45,50)/t37-,38?/m0/s1. The van der Waals surface area contributed by atoms with Crippen molar-refractivity contribution in [3.63, 3.8) is 0 Å². The highest BCUT2D eigenvalue weighted by atomic mass is 16.3. The van der Waals surface area contributed by atoms with Crippen LogP contribution in [0.2, 0.25) is 0 Å². The second-order valence-electron chi connectivity index (χ2n) is 14.9. The third-order valence-corrected chi connectivity index (χ3v) is 10.9. The van der Waals surface area contributed by atoms with Gasteiger partial charge in [-0.1, -0.05) is 61.9 Å². The molecule has 0 radical (unpaired) electrons. The predicted molar refractivity (Wildman–Crippen MR) is 206 cm³/mol. The molecule has 9 rings (SSSR count). The summed E-state index contributed by atoms with van der Waals surface area (Å²) in [6.07, 6.45) is 7.33. The summed E-state index contributed by atoms with van der Waals surface area (Å²) in [7, 11) is 0. The first-order chi connectivity index (χ1) is 26.2. The number of phenols is 1. The van der Waals surface area contributed by atoms with Crippen LogP contribution >= 0.6 is 0 Å². The van der Waals surface area contributed by atoms with Crippen LogP contribution < -0.4 is 10.6 Å². The molecule has 2 saturated heterocycles. The van der Waals surface area contributed by atoms with E-state index in [1.165, 1.54) is 33.1 Å². The Morgan fingerprint density at radius 3 is 2.20 bits per heavy atom. The van der Waals surface area contributed by atoms with Gasteiger partial charge in [0, 0.05) is 38.2 Å². The van der Waals surface area contributed by atoms with Crippen molar-refractivity contribution in [2.24, 2.45) is 0 Å². The lowest BCUT2D eigenvalue weighted by atomic mass is 9.93. The topological polar surface area (TPSA) is 139 Å². The molecule has 3 N–H and O–H groups in total. The van der Waals surface area contributed by atoms with Crippen LogP contribution in [0.15, 0.2) is 66.7 Å². The number of nitrogens with zero attached hydrogens (tertiary/aromatic N) is 3. The first kappa shape index (κ1) is 38.5. The number of aryl methyl sites for hydroxylation is 4. The largest absolute Gasteiger partial charge is 0.508 e. The van der Waals surface area contributed by atoms with Crippen molar-refractivity contribution < 1.29 is 29.1 Å². The second-order valence-corrected chi connectivity index (χ2v) is 14.9. The highest BCUT2D eigenvalue weighted by molar-refractivity contribution is 5.96. The van der Waals surface area contributed by atoms with Crippen molar-refractivity contribution in [2.75, 3.05) is 39.3 Å². The molecule has 4 aliphatic carbocycles. The molecule has 2 aliphatic heterocycles. The Morgan fingerprint density at radius 1 is 0.796 bits per heavy atom. The highest BCUT2D eigenvalue weighted by Crippen LogP contribution is 2.23. The Morgan fingerprint density at radius 2 is 1.46 bits per heavy atom. The van der Waals surface area contributed by atoms with Crippen LogP contribution in [0.5, 0.6) is 5.75 Å². The van der Waals surface area contributed by atoms with Crippen LogP contribution in [-0.4, -0.2) is 101 Å². The van der Waals surface area contributed by atoms with E-state index in [9.17, 15) is 29.1 Å². The van der Waals surface area contributed by atoms with Crippen molar-refractivity contribution in [1.82, 2.24) is 25.3 Å². The monoisotopic (exact) mass is 735 g/mol. The van der Waals surface area contributed by atoms with Crippen LogP contribution in [0, 0.1) is 0 Å². The summed E-state index contributed by atoms with van der Waals surface area (Å²) in [5.74, 6) is -1.37. The number of hydrogen-bond donors (Lipinski definition) is 3. The van der Waals surface area contributed by atoms with Crippen molar-refractivity contribution in [2.45, 2.75) is 89.6 Å². The fraction of sp³-hybridized carbons (Fsp3) is 0.465. The first-order valence-corrected chi connectivity index (χ1v) is 19.6. The Hall–Kier alpha value is -5.19. The average Bonchev–Trinajstić information content (AvgIpc) is 3.67. The number of carbonyl (C=O) groups is 5. The summed E-state index contributed by atoms with van der Waals surface area (Å²) in [6.45, 7) is 3.04. The zero-order chi connectivity index (χ0) is 38.0. The SMILES string of the molecule is CCCCN1CC(=O)N2CCCC2C(=O)N(CCCCNC(=O)c2cc3ccc2CCc2ccc(cc2)CC3)CC(=O)N[C@@H](Cc2ccc(O)cc2)C1=O. The zero-order valence-corrected chi connectivity index (χ0v) is 31.4. The molecule has 5 amide bonds. The third kappa shape index (κ3) is 9.86. The fourth-order valence-electron chi connectivity index (χ4n) is 7.75. The van der Waals surface area contributed by atoms with Gasteiger partial charge in [0.25, 0.3) is 5.91 Å². The maximum atomic E-state index is 14.1. The Balaban J connectivity index is 1.11. The van der Waals surface area contributed by atoms with E-state index < -0.39 is 18.0 Å². The molecule has 54 heavy (non-hydrogen) atoms. The molecule has 0 spiro atoms. The van der Waals surface area contributed by atoms with E-state index >= 15 is 0 Å². The fourth-order valence-corrected chi connectivity index (χ4v) is 7.75. The van der Waals surface area contributed by atoms with E-state index in [0.717, 1.165) is 48.8 Å². The predicted octanol–water partition coefficient (Wildman–Crippen LogP) is 3.98. The van der Waals surface area contributed by atoms with Gasteiger partial charge in [0.15, 0.2) is 0 Å². The van der Waals surface area contributed by atoms with Gasteiger partial charge in [-0.25, -0.2) is 0 Å². The number of unbranched alkanes of at least 4 members (excludes halogenated alkanes) is 2. The summed E-state index contributed by atoms with van der Waals surface area (Å²) in [5.41, 5.74) is 6.11. The normalized spacial score (nSPS) is 19.5. The van der Waals surface area contributed by atoms with Gasteiger partial charge in [0.05, 0.1) is 13.1 Å². The van der Waals surface area contributed by atoms with Crippen molar-refractivity contribution >= 4 is 29.5 Å². The van der Waals surface area contributed by atoms with Crippen LogP contribution in [0.3, 0.4) is 0 Å². The van der Waals surface area contributed by atoms with Crippen molar-refractivity contribution in [3.05, 3.63) is 100 Å². The van der Waals surface area contributed by atoms with Gasteiger partial charge >= 0.3 is 0 Å². The number of phenolic OH excluding ortho intramolecular Hbond substituents is 1. The first-order valence-electron chi connectivity index (χ1n) is 19.6. The minimum absolute atomic E-state index is 0.0907. The maximum absolute atomic E-state index is 14.1. The lowest BCUT2D eigenvalue weighted by Gasteiger charge is -2.34. The molecular formula is C43H53N5O6. The van der Waals surface area contributed by atoms with E-state index in [4.69, 9.17) is 0 Å². The number of hydrogen-bond acceptors (Lipinski definition) is 6. The van der Waals surface area contributed by atoms with Gasteiger partial charge in [-0.05, 0) is 104 Å². The van der Waals surface area contributed by atoms with Gasteiger partial charge in [0.1, 0.15) is 17.8 Å². The van der Waals surface area contributed by atoms with Crippen LogP contribution in [0.1, 0.15) is 83.6 Å². The number of benzene rings is 3. The molecule has 2 atom stereocenters. The quantitative estimate of drug-likeness (QED) is 0.255. The van der Waals surface area contributed by atoms with E-state index in [1.54, 1.807) is 17.0 Å². The summed E-state index contributed by atoms with van der Waals surface area (Å²) in [5, 5.41) is 15.8. The van der Waals surface area contributed by atoms with E-state index in [-0.39, 0.29) is 55.4 Å². The maximum Gasteiger partial charge on any atom is 0.251 e. The number of aromatic hydroxyl groups is 1. The van der Waals surface area contributed by atoms with Crippen LogP contribution in [0.4, 0.5) is 0 Å². The third-order valence-electron chi connectivity index (χ3n) is 10.9. The molecule has 11 nitrogen and oxygen atoms in total. The number of amides is 5. The molecule has 3 aromatic rings. The van der Waals surface area contributed by atoms with Gasteiger partial charge in [-0.2, -0.15) is 0 Å². The van der Waals surface area contributed by atoms with Crippen LogP contribution in [0.25, 0.3) is 0 Å². The molecule has 2 fully saturated rings. The summed E-state index contributed by atoms with van der Waals surface area (Å²) in [4.78, 5) is 73.5. The molecule has 3 aromatic carbocycles. The number of rotatable bonds is 11. The minimum Gasteiger partial charge on any atom is -0.508 e. The summed E-state index contributed by atoms with van der Waals surface area (Å²) < 4.78 is 0. The van der Waals surface area contributed by atoms with Gasteiger partial charge in [-0.3, -0.25) is 24.0 Å². The van der Waals surface area contributed by atoms with Gasteiger partial charge < -0.3 is 30.4 Å². The highest BCUT2D eigenvalue weighted by Gasteiger charge is 2.39. The smallest absolute Gasteiger partial charge is 0.251 e. The van der Waals surface area contributed by atoms with E-state index in [2.05, 4.69) is 47.0 Å². The lowest BCUT2D eigenvalue weighted by Crippen LogP contribution is -2.58. The number of nitrogens with one attached hydrogen (secondary N) is 2. The number of carbonyl (C=O) groups excluding carboxylic acids is 5. The van der Waals surface area contributed by atoms with Crippen molar-refractivity contribution in [3.8, 4) is 5.75 Å².